The summed E-state index contributed by atoms with van der Waals surface area (Å²) in [7, 11) is 0. The van der Waals surface area contributed by atoms with Crippen LogP contribution in [0.4, 0.5) is 0 Å². The number of rotatable bonds is 2. The third-order valence-corrected chi connectivity index (χ3v) is 2.59. The fourth-order valence-electron chi connectivity index (χ4n) is 0.831. The van der Waals surface area contributed by atoms with Crippen molar-refractivity contribution in [1.29, 1.82) is 0 Å². The molecule has 0 fully saturated rings. The monoisotopic (exact) mass is 251 g/mol. The quantitative estimate of drug-likeness (QED) is 0.455. The number of hydrogen-bond acceptors (Lipinski definition) is 2. The van der Waals surface area contributed by atoms with E-state index >= 15 is 0 Å². The molecule has 6 heteroatoms. The van der Waals surface area contributed by atoms with Gasteiger partial charge in [0.1, 0.15) is 0 Å². The second kappa shape index (κ2) is 4.64. The normalized spacial score (nSPS) is 10.8. The summed E-state index contributed by atoms with van der Waals surface area (Å²) in [6.45, 7) is 0. The first-order valence-corrected chi connectivity index (χ1v) is 4.61. The highest BCUT2D eigenvalue weighted by molar-refractivity contribution is 6.44. The lowest BCUT2D eigenvalue weighted by Gasteiger charge is -2.01. The zero-order valence-corrected chi connectivity index (χ0v) is 8.97. The second-order valence-electron chi connectivity index (χ2n) is 2.36. The van der Waals surface area contributed by atoms with Gasteiger partial charge in [-0.2, -0.15) is 0 Å². The molecule has 0 aliphatic carbocycles. The van der Waals surface area contributed by atoms with E-state index in [4.69, 9.17) is 34.8 Å². The van der Waals surface area contributed by atoms with Crippen molar-refractivity contribution in [3.8, 4) is 0 Å². The van der Waals surface area contributed by atoms with E-state index in [1.165, 1.54) is 18.2 Å². The fourth-order valence-corrected chi connectivity index (χ4v) is 1.49. The van der Waals surface area contributed by atoms with Crippen molar-refractivity contribution in [2.75, 3.05) is 0 Å². The summed E-state index contributed by atoms with van der Waals surface area (Å²) in [5, 5.41) is 10.9. The second-order valence-corrected chi connectivity index (χ2v) is 3.55. The van der Waals surface area contributed by atoms with Crippen molar-refractivity contribution in [2.24, 2.45) is 0 Å². The Hall–Kier alpha value is -0.770. The van der Waals surface area contributed by atoms with Gasteiger partial charge in [-0.1, -0.05) is 34.8 Å². The van der Waals surface area contributed by atoms with Crippen LogP contribution in [0, 0.1) is 10.1 Å². The van der Waals surface area contributed by atoms with E-state index in [-0.39, 0.29) is 5.02 Å². The van der Waals surface area contributed by atoms with E-state index in [9.17, 15) is 10.1 Å². The molecule has 0 spiro atoms. The average molecular weight is 252 g/mol. The molecule has 3 nitrogen and oxygen atoms in total. The number of nitro groups is 1. The maximum absolute atomic E-state index is 10.1. The van der Waals surface area contributed by atoms with Gasteiger partial charge in [0, 0.05) is 16.7 Å². The predicted octanol–water partition coefficient (Wildman–Crippen LogP) is 3.89. The van der Waals surface area contributed by atoms with Gasteiger partial charge in [0.2, 0.25) is 6.20 Å². The maximum Gasteiger partial charge on any atom is 0.235 e. The zero-order chi connectivity index (χ0) is 10.7. The van der Waals surface area contributed by atoms with Crippen molar-refractivity contribution < 1.29 is 4.92 Å². The number of benzene rings is 1. The van der Waals surface area contributed by atoms with Crippen LogP contribution in [0.1, 0.15) is 5.56 Å². The number of hydrogen-bond donors (Lipinski definition) is 0. The van der Waals surface area contributed by atoms with Crippen molar-refractivity contribution in [2.45, 2.75) is 0 Å². The first-order valence-electron chi connectivity index (χ1n) is 3.47. The minimum Gasteiger partial charge on any atom is -0.259 e. The van der Waals surface area contributed by atoms with Crippen molar-refractivity contribution in [3.63, 3.8) is 0 Å². The molecule has 0 amide bonds. The van der Waals surface area contributed by atoms with Gasteiger partial charge in [-0.05, 0) is 12.1 Å². The molecule has 1 aromatic carbocycles. The molecule has 0 unspecified atom stereocenters. The highest BCUT2D eigenvalue weighted by Crippen LogP contribution is 2.32. The Morgan fingerprint density at radius 1 is 1.21 bits per heavy atom. The fraction of sp³-hybridized carbons (Fsp3) is 0. The van der Waals surface area contributed by atoms with E-state index in [0.717, 1.165) is 6.20 Å². The molecule has 0 N–H and O–H groups in total. The van der Waals surface area contributed by atoms with E-state index in [1.54, 1.807) is 0 Å². The molecule has 0 atom stereocenters. The van der Waals surface area contributed by atoms with Crippen LogP contribution in [0.5, 0.6) is 0 Å². The van der Waals surface area contributed by atoms with Gasteiger partial charge in [-0.3, -0.25) is 10.1 Å². The molecule has 0 aliphatic heterocycles. The highest BCUT2D eigenvalue weighted by Gasteiger charge is 2.07. The van der Waals surface area contributed by atoms with Gasteiger partial charge in [-0.15, -0.1) is 0 Å². The molecule has 74 valence electrons. The van der Waals surface area contributed by atoms with E-state index in [0.29, 0.717) is 15.6 Å². The molecular weight excluding hydrogens is 248 g/mol. The van der Waals surface area contributed by atoms with Gasteiger partial charge in [-0.25, -0.2) is 0 Å². The molecule has 14 heavy (non-hydrogen) atoms. The van der Waals surface area contributed by atoms with Gasteiger partial charge in [0.15, 0.2) is 0 Å². The summed E-state index contributed by atoms with van der Waals surface area (Å²) in [5.74, 6) is 0. The molecule has 1 aromatic rings. The van der Waals surface area contributed by atoms with Crippen molar-refractivity contribution in [1.82, 2.24) is 0 Å². The minimum absolute atomic E-state index is 0.206. The predicted molar refractivity (Wildman–Crippen MR) is 57.5 cm³/mol. The molecule has 1 rings (SSSR count). The molecule has 0 aromatic heterocycles. The first-order chi connectivity index (χ1) is 6.52. The molecule has 0 saturated carbocycles. The van der Waals surface area contributed by atoms with Crippen LogP contribution in [0.3, 0.4) is 0 Å². The SMILES string of the molecule is O=[N+]([O-])C=Cc1c(Cl)ccc(Cl)c1Cl. The van der Waals surface area contributed by atoms with Crippen LogP contribution in [-0.4, -0.2) is 4.92 Å². The largest absolute Gasteiger partial charge is 0.259 e. The van der Waals surface area contributed by atoms with Crippen LogP contribution < -0.4 is 0 Å². The molecular formula is C8H4Cl3NO2. The zero-order valence-electron chi connectivity index (χ0n) is 6.71. The molecule has 0 bridgehead atoms. The smallest absolute Gasteiger partial charge is 0.235 e. The summed E-state index contributed by atoms with van der Waals surface area (Å²) in [4.78, 5) is 9.48. The Labute approximate surface area is 95.0 Å². The maximum atomic E-state index is 10.1. The van der Waals surface area contributed by atoms with Crippen LogP contribution >= 0.6 is 34.8 Å². The van der Waals surface area contributed by atoms with Gasteiger partial charge < -0.3 is 0 Å². The number of halogens is 3. The Balaban J connectivity index is 3.19. The summed E-state index contributed by atoms with van der Waals surface area (Å²) in [5.41, 5.74) is 0.345. The summed E-state index contributed by atoms with van der Waals surface area (Å²) < 4.78 is 0. The lowest BCUT2D eigenvalue weighted by molar-refractivity contribution is -0.400. The van der Waals surface area contributed by atoms with E-state index in [1.807, 2.05) is 0 Å². The molecule has 0 aliphatic rings. The molecule has 0 radical (unpaired) electrons. The van der Waals surface area contributed by atoms with Crippen LogP contribution in [0.2, 0.25) is 15.1 Å². The topological polar surface area (TPSA) is 43.1 Å². The van der Waals surface area contributed by atoms with E-state index < -0.39 is 4.92 Å². The molecule has 0 saturated heterocycles. The van der Waals surface area contributed by atoms with Crippen LogP contribution in [-0.2, 0) is 0 Å². The van der Waals surface area contributed by atoms with E-state index in [2.05, 4.69) is 0 Å². The summed E-state index contributed by atoms with van der Waals surface area (Å²) >= 11 is 17.3. The Kier molecular flexibility index (Phi) is 3.75. The third-order valence-electron chi connectivity index (χ3n) is 1.44. The van der Waals surface area contributed by atoms with Gasteiger partial charge >= 0.3 is 0 Å². The minimum atomic E-state index is -0.604. The van der Waals surface area contributed by atoms with Gasteiger partial charge in [0.25, 0.3) is 0 Å². The van der Waals surface area contributed by atoms with Crippen LogP contribution in [0.15, 0.2) is 18.3 Å². The van der Waals surface area contributed by atoms with Crippen molar-refractivity contribution >= 4 is 40.9 Å². The lowest BCUT2D eigenvalue weighted by Crippen LogP contribution is -1.84. The summed E-state index contributed by atoms with van der Waals surface area (Å²) in [6.07, 6.45) is 1.96. The average Bonchev–Trinajstić information content (AvgIpc) is 2.11. The van der Waals surface area contributed by atoms with Crippen molar-refractivity contribution in [3.05, 3.63) is 49.1 Å². The third kappa shape index (κ3) is 2.61. The Morgan fingerprint density at radius 3 is 2.36 bits per heavy atom. The molecule has 0 heterocycles. The number of nitrogens with zero attached hydrogens (tertiary/aromatic N) is 1. The summed E-state index contributed by atoms with van der Waals surface area (Å²) in [6, 6.07) is 3.05. The Bertz CT molecular complexity index is 404. The highest BCUT2D eigenvalue weighted by atomic mass is 35.5. The lowest BCUT2D eigenvalue weighted by atomic mass is 10.2. The Morgan fingerprint density at radius 2 is 1.79 bits per heavy atom. The first kappa shape index (κ1) is 11.3. The standard InChI is InChI=1S/C8H4Cl3NO2/c9-6-1-2-7(10)8(11)5(6)3-4-12(13)14/h1-4H. The van der Waals surface area contributed by atoms with Gasteiger partial charge in [0.05, 0.1) is 15.0 Å². The van der Waals surface area contributed by atoms with Crippen LogP contribution in [0.25, 0.3) is 6.08 Å².